The lowest BCUT2D eigenvalue weighted by molar-refractivity contribution is 0.0948. The molecular formula is C9H11NO4. The lowest BCUT2D eigenvalue weighted by atomic mass is 10.3. The Morgan fingerprint density at radius 3 is 2.86 bits per heavy atom. The van der Waals surface area contributed by atoms with Crippen molar-refractivity contribution in [2.24, 2.45) is 0 Å². The Morgan fingerprint density at radius 1 is 1.50 bits per heavy atom. The molecule has 0 aliphatic carbocycles. The topological polar surface area (TPSA) is 79.5 Å². The van der Waals surface area contributed by atoms with Crippen LogP contribution in [0.3, 0.4) is 0 Å². The fourth-order valence-corrected chi connectivity index (χ4v) is 0.870. The van der Waals surface area contributed by atoms with Crippen LogP contribution in [0.4, 0.5) is 0 Å². The summed E-state index contributed by atoms with van der Waals surface area (Å²) in [7, 11) is 0. The number of amides is 1. The van der Waals surface area contributed by atoms with Gasteiger partial charge in [0.25, 0.3) is 5.91 Å². The second kappa shape index (κ2) is 5.18. The molecule has 0 saturated heterocycles. The summed E-state index contributed by atoms with van der Waals surface area (Å²) in [6, 6.07) is 2.57. The largest absolute Gasteiger partial charge is 0.430 e. The standard InChI is InChI=1S/C9H11NO4/c11-5-1-4-10-9(13)7-2-3-8(12)14-6-7/h2-3,6,11H,1,4-5H2,(H,10,13). The van der Waals surface area contributed by atoms with Crippen LogP contribution in [0.15, 0.2) is 27.6 Å². The number of hydrogen-bond donors (Lipinski definition) is 2. The molecule has 0 aliphatic rings. The van der Waals surface area contributed by atoms with Gasteiger partial charge >= 0.3 is 5.63 Å². The number of carbonyl (C=O) groups is 1. The van der Waals surface area contributed by atoms with Gasteiger partial charge in [0, 0.05) is 19.2 Å². The number of nitrogens with one attached hydrogen (secondary N) is 1. The molecule has 0 saturated carbocycles. The number of carbonyl (C=O) groups excluding carboxylic acids is 1. The Labute approximate surface area is 80.4 Å². The van der Waals surface area contributed by atoms with E-state index in [1.54, 1.807) is 0 Å². The van der Waals surface area contributed by atoms with E-state index in [0.29, 0.717) is 18.5 Å². The number of hydrogen-bond acceptors (Lipinski definition) is 4. The molecule has 0 spiro atoms. The smallest absolute Gasteiger partial charge is 0.335 e. The van der Waals surface area contributed by atoms with Gasteiger partial charge in [-0.05, 0) is 12.5 Å². The molecule has 0 radical (unpaired) electrons. The van der Waals surface area contributed by atoms with Crippen LogP contribution in [0.5, 0.6) is 0 Å². The summed E-state index contributed by atoms with van der Waals surface area (Å²) in [5.41, 5.74) is -0.195. The summed E-state index contributed by atoms with van der Waals surface area (Å²) in [5.74, 6) is -0.317. The average Bonchev–Trinajstić information content (AvgIpc) is 2.19. The third-order valence-corrected chi connectivity index (χ3v) is 1.58. The predicted molar refractivity (Wildman–Crippen MR) is 49.0 cm³/mol. The van der Waals surface area contributed by atoms with Gasteiger partial charge in [-0.3, -0.25) is 4.79 Å². The van der Waals surface area contributed by atoms with Gasteiger partial charge in [0.1, 0.15) is 6.26 Å². The zero-order valence-electron chi connectivity index (χ0n) is 7.53. The monoisotopic (exact) mass is 197 g/mol. The molecule has 0 aliphatic heterocycles. The third kappa shape index (κ3) is 3.02. The van der Waals surface area contributed by atoms with E-state index in [2.05, 4.69) is 9.73 Å². The minimum atomic E-state index is -0.489. The number of rotatable bonds is 4. The molecule has 1 amide bonds. The minimum Gasteiger partial charge on any atom is -0.430 e. The molecule has 0 bridgehead atoms. The summed E-state index contributed by atoms with van der Waals surface area (Å²) >= 11 is 0. The lowest BCUT2D eigenvalue weighted by Gasteiger charge is -2.02. The second-order valence-electron chi connectivity index (χ2n) is 2.68. The molecular weight excluding hydrogens is 186 g/mol. The molecule has 76 valence electrons. The van der Waals surface area contributed by atoms with Gasteiger partial charge in [0.05, 0.1) is 5.56 Å². The molecule has 1 rings (SSSR count). The van der Waals surface area contributed by atoms with E-state index >= 15 is 0 Å². The maximum Gasteiger partial charge on any atom is 0.335 e. The zero-order valence-corrected chi connectivity index (χ0v) is 7.53. The maximum absolute atomic E-state index is 11.3. The van der Waals surface area contributed by atoms with Crippen molar-refractivity contribution in [2.45, 2.75) is 6.42 Å². The molecule has 0 aromatic carbocycles. The van der Waals surface area contributed by atoms with E-state index in [1.807, 2.05) is 0 Å². The van der Waals surface area contributed by atoms with Crippen LogP contribution in [0.2, 0.25) is 0 Å². The highest BCUT2D eigenvalue weighted by Gasteiger charge is 2.04. The van der Waals surface area contributed by atoms with Gasteiger partial charge in [-0.25, -0.2) is 4.79 Å². The highest BCUT2D eigenvalue weighted by Crippen LogP contribution is 1.94. The Hall–Kier alpha value is -1.62. The summed E-state index contributed by atoms with van der Waals surface area (Å²) in [6.45, 7) is 0.429. The van der Waals surface area contributed by atoms with E-state index in [-0.39, 0.29) is 12.5 Å². The fraction of sp³-hybridized carbons (Fsp3) is 0.333. The molecule has 0 atom stereocenters. The van der Waals surface area contributed by atoms with Gasteiger partial charge in [0.15, 0.2) is 0 Å². The van der Waals surface area contributed by atoms with Crippen LogP contribution in [0, 0.1) is 0 Å². The summed E-state index contributed by atoms with van der Waals surface area (Å²) in [5, 5.41) is 11.0. The van der Waals surface area contributed by atoms with Gasteiger partial charge in [0.2, 0.25) is 0 Å². The van der Waals surface area contributed by atoms with E-state index in [1.165, 1.54) is 12.1 Å². The molecule has 0 fully saturated rings. The van der Waals surface area contributed by atoms with Crippen LogP contribution >= 0.6 is 0 Å². The van der Waals surface area contributed by atoms with Crippen molar-refractivity contribution in [2.75, 3.05) is 13.2 Å². The third-order valence-electron chi connectivity index (χ3n) is 1.58. The van der Waals surface area contributed by atoms with Crippen molar-refractivity contribution in [3.8, 4) is 0 Å². The van der Waals surface area contributed by atoms with Crippen molar-refractivity contribution >= 4 is 5.91 Å². The van der Waals surface area contributed by atoms with Gasteiger partial charge in [-0.2, -0.15) is 0 Å². The first-order valence-corrected chi connectivity index (χ1v) is 4.22. The van der Waals surface area contributed by atoms with Crippen molar-refractivity contribution < 1.29 is 14.3 Å². The number of aliphatic hydroxyl groups excluding tert-OH is 1. The lowest BCUT2D eigenvalue weighted by Crippen LogP contribution is -2.25. The molecule has 5 nitrogen and oxygen atoms in total. The van der Waals surface area contributed by atoms with Crippen molar-refractivity contribution in [3.63, 3.8) is 0 Å². The number of aliphatic hydroxyl groups is 1. The Morgan fingerprint density at radius 2 is 2.29 bits per heavy atom. The first-order valence-electron chi connectivity index (χ1n) is 4.22. The van der Waals surface area contributed by atoms with Crippen molar-refractivity contribution in [1.29, 1.82) is 0 Å². The van der Waals surface area contributed by atoms with Crippen LogP contribution in [0.1, 0.15) is 16.8 Å². The second-order valence-corrected chi connectivity index (χ2v) is 2.68. The van der Waals surface area contributed by atoms with Crippen LogP contribution in [0.25, 0.3) is 0 Å². The Bertz CT molecular complexity index is 338. The van der Waals surface area contributed by atoms with Gasteiger partial charge in [-0.15, -0.1) is 0 Å². The minimum absolute atomic E-state index is 0.0319. The van der Waals surface area contributed by atoms with Crippen molar-refractivity contribution in [1.82, 2.24) is 5.32 Å². The molecule has 1 aromatic rings. The molecule has 0 unspecified atom stereocenters. The highest BCUT2D eigenvalue weighted by molar-refractivity contribution is 5.93. The normalized spacial score (nSPS) is 9.79. The van der Waals surface area contributed by atoms with E-state index in [9.17, 15) is 9.59 Å². The van der Waals surface area contributed by atoms with Gasteiger partial charge < -0.3 is 14.8 Å². The fourth-order valence-electron chi connectivity index (χ4n) is 0.870. The zero-order chi connectivity index (χ0) is 10.4. The molecule has 14 heavy (non-hydrogen) atoms. The van der Waals surface area contributed by atoms with E-state index < -0.39 is 5.63 Å². The van der Waals surface area contributed by atoms with Crippen LogP contribution in [-0.4, -0.2) is 24.2 Å². The molecule has 1 heterocycles. The summed E-state index contributed by atoms with van der Waals surface area (Å²) in [4.78, 5) is 21.8. The van der Waals surface area contributed by atoms with Crippen LogP contribution < -0.4 is 10.9 Å². The molecule has 5 heteroatoms. The average molecular weight is 197 g/mol. The molecule has 1 aromatic heterocycles. The SMILES string of the molecule is O=C(NCCCO)c1ccc(=O)oc1. The predicted octanol–water partition coefficient (Wildman–Crippen LogP) is -0.248. The molecule has 2 N–H and O–H groups in total. The summed E-state index contributed by atoms with van der Waals surface area (Å²) in [6.07, 6.45) is 1.61. The van der Waals surface area contributed by atoms with Crippen LogP contribution in [-0.2, 0) is 0 Å². The highest BCUT2D eigenvalue weighted by atomic mass is 16.4. The maximum atomic E-state index is 11.3. The quantitative estimate of drug-likeness (QED) is 0.652. The van der Waals surface area contributed by atoms with Gasteiger partial charge in [-0.1, -0.05) is 0 Å². The van der Waals surface area contributed by atoms with E-state index in [4.69, 9.17) is 5.11 Å². The first-order chi connectivity index (χ1) is 6.74. The first kappa shape index (κ1) is 10.5. The Balaban J connectivity index is 2.52. The Kier molecular flexibility index (Phi) is 3.87. The van der Waals surface area contributed by atoms with E-state index in [0.717, 1.165) is 6.26 Å². The summed E-state index contributed by atoms with van der Waals surface area (Å²) < 4.78 is 4.52. The van der Waals surface area contributed by atoms with Crippen molar-refractivity contribution in [3.05, 3.63) is 34.4 Å².